The van der Waals surface area contributed by atoms with Crippen molar-refractivity contribution in [3.05, 3.63) is 29.8 Å². The highest BCUT2D eigenvalue weighted by Crippen LogP contribution is 2.36. The Bertz CT molecular complexity index is 373. The van der Waals surface area contributed by atoms with Gasteiger partial charge in [0.15, 0.2) is 0 Å². The number of hydrogen-bond acceptors (Lipinski definition) is 3. The van der Waals surface area contributed by atoms with Crippen LogP contribution >= 0.6 is 0 Å². The Morgan fingerprint density at radius 1 is 1.26 bits per heavy atom. The fourth-order valence-corrected chi connectivity index (χ4v) is 2.52. The van der Waals surface area contributed by atoms with E-state index in [4.69, 9.17) is 15.2 Å². The molecule has 2 atom stereocenters. The number of hydrogen-bond donors (Lipinski definition) is 1. The number of aryl methyl sites for hydroxylation is 1. The van der Waals surface area contributed by atoms with Crippen LogP contribution in [-0.2, 0) is 11.2 Å². The van der Waals surface area contributed by atoms with E-state index in [2.05, 4.69) is 12.1 Å². The summed E-state index contributed by atoms with van der Waals surface area (Å²) in [5, 5.41) is 0. The molecule has 1 aliphatic carbocycles. The third-order valence-electron chi connectivity index (χ3n) is 3.79. The van der Waals surface area contributed by atoms with Gasteiger partial charge in [-0.2, -0.15) is 0 Å². The minimum Gasteiger partial charge on any atom is -0.497 e. The van der Waals surface area contributed by atoms with Gasteiger partial charge in [-0.15, -0.1) is 0 Å². The van der Waals surface area contributed by atoms with Gasteiger partial charge >= 0.3 is 0 Å². The number of benzene rings is 1. The minimum atomic E-state index is 0.148. The van der Waals surface area contributed by atoms with Gasteiger partial charge < -0.3 is 15.2 Å². The van der Waals surface area contributed by atoms with E-state index in [-0.39, 0.29) is 12.1 Å². The second-order valence-electron chi connectivity index (χ2n) is 5.31. The highest BCUT2D eigenvalue weighted by molar-refractivity contribution is 5.27. The molecule has 0 radical (unpaired) electrons. The Hall–Kier alpha value is -1.06. The van der Waals surface area contributed by atoms with Gasteiger partial charge in [0.1, 0.15) is 5.75 Å². The second kappa shape index (κ2) is 6.92. The molecule has 19 heavy (non-hydrogen) atoms. The molecule has 2 unspecified atom stereocenters. The largest absolute Gasteiger partial charge is 0.497 e. The standard InChI is InChI=1S/C16H25NO2/c1-3-19-16(13-7-8-13)15(17)11-6-12-4-9-14(18-2)10-5-12/h4-5,9-10,13,15-16H,3,6-8,11,17H2,1-2H3. The second-order valence-corrected chi connectivity index (χ2v) is 5.31. The molecule has 0 bridgehead atoms. The zero-order chi connectivity index (χ0) is 13.7. The molecule has 1 aliphatic rings. The molecule has 2 rings (SSSR count). The van der Waals surface area contributed by atoms with Gasteiger partial charge in [-0.3, -0.25) is 0 Å². The first kappa shape index (κ1) is 14.4. The lowest BCUT2D eigenvalue weighted by Gasteiger charge is -2.23. The molecular weight excluding hydrogens is 238 g/mol. The summed E-state index contributed by atoms with van der Waals surface area (Å²) in [5.74, 6) is 1.60. The smallest absolute Gasteiger partial charge is 0.118 e. The number of methoxy groups -OCH3 is 1. The topological polar surface area (TPSA) is 44.5 Å². The molecule has 3 heteroatoms. The molecule has 1 saturated carbocycles. The molecule has 106 valence electrons. The molecule has 0 heterocycles. The average Bonchev–Trinajstić information content (AvgIpc) is 3.27. The van der Waals surface area contributed by atoms with Crippen LogP contribution in [0.15, 0.2) is 24.3 Å². The van der Waals surface area contributed by atoms with Crippen LogP contribution in [-0.4, -0.2) is 25.9 Å². The molecule has 1 fully saturated rings. The maximum atomic E-state index is 6.30. The lowest BCUT2D eigenvalue weighted by molar-refractivity contribution is 0.0269. The molecule has 0 aromatic heterocycles. The maximum Gasteiger partial charge on any atom is 0.118 e. The van der Waals surface area contributed by atoms with Crippen LogP contribution in [0.4, 0.5) is 0 Å². The first-order valence-electron chi connectivity index (χ1n) is 7.24. The van der Waals surface area contributed by atoms with Gasteiger partial charge in [0, 0.05) is 12.6 Å². The quantitative estimate of drug-likeness (QED) is 0.784. The maximum absolute atomic E-state index is 6.30. The zero-order valence-electron chi connectivity index (χ0n) is 12.0. The summed E-state index contributed by atoms with van der Waals surface area (Å²) in [7, 11) is 1.69. The number of rotatable bonds is 8. The molecule has 0 spiro atoms. The molecule has 0 aliphatic heterocycles. The van der Waals surface area contributed by atoms with E-state index in [1.54, 1.807) is 7.11 Å². The number of ether oxygens (including phenoxy) is 2. The van der Waals surface area contributed by atoms with Gasteiger partial charge in [-0.05, 0) is 56.2 Å². The molecular formula is C16H25NO2. The summed E-state index contributed by atoms with van der Waals surface area (Å²) in [6.07, 6.45) is 4.79. The van der Waals surface area contributed by atoms with Crippen molar-refractivity contribution < 1.29 is 9.47 Å². The summed E-state index contributed by atoms with van der Waals surface area (Å²) < 4.78 is 11.0. The van der Waals surface area contributed by atoms with Crippen molar-refractivity contribution in [2.75, 3.05) is 13.7 Å². The van der Waals surface area contributed by atoms with Gasteiger partial charge in [0.25, 0.3) is 0 Å². The van der Waals surface area contributed by atoms with Crippen molar-refractivity contribution in [2.24, 2.45) is 11.7 Å². The molecule has 1 aromatic carbocycles. The Labute approximate surface area is 116 Å². The third kappa shape index (κ3) is 4.22. The van der Waals surface area contributed by atoms with Crippen LogP contribution in [0.3, 0.4) is 0 Å². The van der Waals surface area contributed by atoms with E-state index in [1.807, 2.05) is 19.1 Å². The molecule has 2 N–H and O–H groups in total. The highest BCUT2D eigenvalue weighted by Gasteiger charge is 2.35. The Morgan fingerprint density at radius 3 is 2.47 bits per heavy atom. The third-order valence-corrected chi connectivity index (χ3v) is 3.79. The van der Waals surface area contributed by atoms with Crippen LogP contribution < -0.4 is 10.5 Å². The van der Waals surface area contributed by atoms with E-state index < -0.39 is 0 Å². The molecule has 1 aromatic rings. The van der Waals surface area contributed by atoms with Crippen LogP contribution in [0.25, 0.3) is 0 Å². The average molecular weight is 263 g/mol. The Kier molecular flexibility index (Phi) is 5.23. The van der Waals surface area contributed by atoms with Gasteiger partial charge in [0.2, 0.25) is 0 Å². The fourth-order valence-electron chi connectivity index (χ4n) is 2.52. The predicted molar refractivity (Wildman–Crippen MR) is 77.4 cm³/mol. The van der Waals surface area contributed by atoms with Crippen molar-refractivity contribution >= 4 is 0 Å². The predicted octanol–water partition coefficient (Wildman–Crippen LogP) is 2.77. The van der Waals surface area contributed by atoms with Crippen molar-refractivity contribution in [3.63, 3.8) is 0 Å². The summed E-state index contributed by atoms with van der Waals surface area (Å²) in [6.45, 7) is 2.81. The zero-order valence-corrected chi connectivity index (χ0v) is 12.0. The van der Waals surface area contributed by atoms with Crippen LogP contribution in [0, 0.1) is 5.92 Å². The van der Waals surface area contributed by atoms with Crippen molar-refractivity contribution in [2.45, 2.75) is 44.8 Å². The normalized spacial score (nSPS) is 18.1. The molecule has 0 amide bonds. The first-order chi connectivity index (χ1) is 9.24. The lowest BCUT2D eigenvalue weighted by atomic mass is 9.99. The van der Waals surface area contributed by atoms with E-state index in [1.165, 1.54) is 18.4 Å². The van der Waals surface area contributed by atoms with Crippen LogP contribution in [0.2, 0.25) is 0 Å². The summed E-state index contributed by atoms with van der Waals surface area (Å²) in [5.41, 5.74) is 7.61. The number of nitrogens with two attached hydrogens (primary N) is 1. The van der Waals surface area contributed by atoms with E-state index in [0.717, 1.165) is 25.2 Å². The van der Waals surface area contributed by atoms with Gasteiger partial charge in [-0.25, -0.2) is 0 Å². The Morgan fingerprint density at radius 2 is 1.95 bits per heavy atom. The Balaban J connectivity index is 1.82. The van der Waals surface area contributed by atoms with Crippen LogP contribution in [0.5, 0.6) is 5.75 Å². The molecule has 3 nitrogen and oxygen atoms in total. The first-order valence-corrected chi connectivity index (χ1v) is 7.24. The van der Waals surface area contributed by atoms with E-state index >= 15 is 0 Å². The van der Waals surface area contributed by atoms with Crippen molar-refractivity contribution in [1.82, 2.24) is 0 Å². The highest BCUT2D eigenvalue weighted by atomic mass is 16.5. The minimum absolute atomic E-state index is 0.148. The summed E-state index contributed by atoms with van der Waals surface area (Å²) in [4.78, 5) is 0. The van der Waals surface area contributed by atoms with Gasteiger partial charge in [0.05, 0.1) is 13.2 Å². The van der Waals surface area contributed by atoms with Gasteiger partial charge in [-0.1, -0.05) is 12.1 Å². The fraction of sp³-hybridized carbons (Fsp3) is 0.625. The summed E-state index contributed by atoms with van der Waals surface area (Å²) >= 11 is 0. The monoisotopic (exact) mass is 263 g/mol. The molecule has 0 saturated heterocycles. The van der Waals surface area contributed by atoms with Crippen molar-refractivity contribution in [1.29, 1.82) is 0 Å². The summed E-state index contributed by atoms with van der Waals surface area (Å²) in [6, 6.07) is 8.37. The van der Waals surface area contributed by atoms with E-state index in [9.17, 15) is 0 Å². The van der Waals surface area contributed by atoms with Crippen LogP contribution in [0.1, 0.15) is 31.7 Å². The van der Waals surface area contributed by atoms with E-state index in [0.29, 0.717) is 5.92 Å². The lowest BCUT2D eigenvalue weighted by Crippen LogP contribution is -2.38. The van der Waals surface area contributed by atoms with Crippen molar-refractivity contribution in [3.8, 4) is 5.75 Å². The SMILES string of the molecule is CCOC(C(N)CCc1ccc(OC)cc1)C1CC1.